The highest BCUT2D eigenvalue weighted by molar-refractivity contribution is 5.31. The topological polar surface area (TPSA) is 12.0 Å². The Labute approximate surface area is 91.9 Å². The van der Waals surface area contributed by atoms with E-state index in [-0.39, 0.29) is 0 Å². The maximum absolute atomic E-state index is 3.62. The summed E-state index contributed by atoms with van der Waals surface area (Å²) < 4.78 is 0. The predicted octanol–water partition coefficient (Wildman–Crippen LogP) is 3.21. The minimum atomic E-state index is 0.819. The van der Waals surface area contributed by atoms with Crippen LogP contribution in [0.4, 0.5) is 0 Å². The van der Waals surface area contributed by atoms with E-state index in [1.807, 2.05) is 0 Å². The average molecular weight is 201 g/mol. The monoisotopic (exact) mass is 201 g/mol. The molecule has 1 heteroatoms. The minimum Gasteiger partial charge on any atom is -0.310 e. The number of benzene rings is 1. The van der Waals surface area contributed by atoms with Crippen LogP contribution in [0.2, 0.25) is 0 Å². The maximum atomic E-state index is 3.62. The van der Waals surface area contributed by atoms with Crippen LogP contribution in [0.25, 0.3) is 0 Å². The van der Waals surface area contributed by atoms with Gasteiger partial charge in [0.05, 0.1) is 0 Å². The van der Waals surface area contributed by atoms with Crippen molar-refractivity contribution in [1.29, 1.82) is 0 Å². The molecule has 0 saturated heterocycles. The fourth-order valence-electron chi connectivity index (χ4n) is 2.35. The Hall–Kier alpha value is -0.820. The van der Waals surface area contributed by atoms with Gasteiger partial charge < -0.3 is 5.32 Å². The second-order valence-corrected chi connectivity index (χ2v) is 4.98. The lowest BCUT2D eigenvalue weighted by Crippen LogP contribution is -2.18. The van der Waals surface area contributed by atoms with Crippen molar-refractivity contribution in [2.75, 3.05) is 0 Å². The lowest BCUT2D eigenvalue weighted by Gasteiger charge is -2.28. The molecule has 1 nitrogen and oxygen atoms in total. The molecule has 0 unspecified atom stereocenters. The lowest BCUT2D eigenvalue weighted by atomic mass is 9.78. The number of rotatable bonds is 4. The molecule has 15 heavy (non-hydrogen) atoms. The summed E-state index contributed by atoms with van der Waals surface area (Å²) in [4.78, 5) is 0. The first-order chi connectivity index (χ1) is 7.43. The van der Waals surface area contributed by atoms with Gasteiger partial charge in [-0.15, -0.1) is 0 Å². The van der Waals surface area contributed by atoms with Crippen LogP contribution in [-0.2, 0) is 6.54 Å². The largest absolute Gasteiger partial charge is 0.310 e. The van der Waals surface area contributed by atoms with Crippen LogP contribution in [0.5, 0.6) is 0 Å². The van der Waals surface area contributed by atoms with Crippen molar-refractivity contribution in [3.63, 3.8) is 0 Å². The molecule has 2 aliphatic rings. The Morgan fingerprint density at radius 3 is 2.53 bits per heavy atom. The highest BCUT2D eigenvalue weighted by atomic mass is 14.9. The number of nitrogens with one attached hydrogen (secondary N) is 1. The summed E-state index contributed by atoms with van der Waals surface area (Å²) in [6, 6.07) is 9.80. The van der Waals surface area contributed by atoms with Crippen LogP contribution >= 0.6 is 0 Å². The van der Waals surface area contributed by atoms with Gasteiger partial charge in [-0.3, -0.25) is 0 Å². The molecule has 2 aliphatic carbocycles. The summed E-state index contributed by atoms with van der Waals surface area (Å²) in [6.07, 6.45) is 6.99. The van der Waals surface area contributed by atoms with Crippen LogP contribution in [0, 0.1) is 0 Å². The van der Waals surface area contributed by atoms with Crippen molar-refractivity contribution in [1.82, 2.24) is 5.32 Å². The summed E-state index contributed by atoms with van der Waals surface area (Å²) in [7, 11) is 0. The molecular weight excluding hydrogens is 182 g/mol. The van der Waals surface area contributed by atoms with Crippen molar-refractivity contribution in [2.45, 2.75) is 50.6 Å². The summed E-state index contributed by atoms with van der Waals surface area (Å²) in [6.45, 7) is 1.08. The van der Waals surface area contributed by atoms with E-state index >= 15 is 0 Å². The zero-order valence-electron chi connectivity index (χ0n) is 9.21. The van der Waals surface area contributed by atoms with Gasteiger partial charge in [-0.2, -0.15) is 0 Å². The van der Waals surface area contributed by atoms with Crippen molar-refractivity contribution in [3.05, 3.63) is 35.4 Å². The molecule has 1 N–H and O–H groups in total. The van der Waals surface area contributed by atoms with Gasteiger partial charge in [0.25, 0.3) is 0 Å². The van der Waals surface area contributed by atoms with E-state index in [0.29, 0.717) is 0 Å². The van der Waals surface area contributed by atoms with Crippen LogP contribution in [0.15, 0.2) is 24.3 Å². The Morgan fingerprint density at radius 2 is 1.87 bits per heavy atom. The third-order valence-electron chi connectivity index (χ3n) is 3.76. The first-order valence-corrected chi connectivity index (χ1v) is 6.24. The zero-order chi connectivity index (χ0) is 10.1. The van der Waals surface area contributed by atoms with Crippen molar-refractivity contribution in [2.24, 2.45) is 0 Å². The molecule has 3 rings (SSSR count). The van der Waals surface area contributed by atoms with Gasteiger partial charge in [0, 0.05) is 12.6 Å². The van der Waals surface area contributed by atoms with Gasteiger partial charge in [-0.1, -0.05) is 30.7 Å². The molecule has 0 spiro atoms. The van der Waals surface area contributed by atoms with Gasteiger partial charge in [0.1, 0.15) is 0 Å². The molecule has 0 radical (unpaired) electrons. The molecule has 0 bridgehead atoms. The Kier molecular flexibility index (Phi) is 2.49. The fraction of sp³-hybridized carbons (Fsp3) is 0.571. The molecule has 0 heterocycles. The second kappa shape index (κ2) is 3.97. The third-order valence-corrected chi connectivity index (χ3v) is 3.76. The molecule has 0 atom stereocenters. The van der Waals surface area contributed by atoms with E-state index in [0.717, 1.165) is 18.5 Å². The third kappa shape index (κ3) is 2.07. The van der Waals surface area contributed by atoms with Crippen LogP contribution < -0.4 is 5.32 Å². The standard InChI is InChI=1S/C14H19N/c1-2-7-14(11-5-3-6-11)12(4-1)10-15-13-8-9-13/h1-2,4,7,11,13,15H,3,5-6,8-10H2. The second-order valence-electron chi connectivity index (χ2n) is 4.98. The first kappa shape index (κ1) is 9.41. The smallest absolute Gasteiger partial charge is 0.0210 e. The molecular formula is C14H19N. The van der Waals surface area contributed by atoms with E-state index in [1.165, 1.54) is 37.7 Å². The Morgan fingerprint density at radius 1 is 1.07 bits per heavy atom. The SMILES string of the molecule is c1ccc(C2CCC2)c(CNC2CC2)c1. The Balaban J connectivity index is 1.72. The maximum Gasteiger partial charge on any atom is 0.0210 e. The predicted molar refractivity (Wildman–Crippen MR) is 62.9 cm³/mol. The van der Waals surface area contributed by atoms with Gasteiger partial charge in [0.2, 0.25) is 0 Å². The van der Waals surface area contributed by atoms with E-state index < -0.39 is 0 Å². The quantitative estimate of drug-likeness (QED) is 0.788. The van der Waals surface area contributed by atoms with Gasteiger partial charge in [-0.25, -0.2) is 0 Å². The Bertz CT molecular complexity index is 337. The average Bonchev–Trinajstić information content (AvgIpc) is 2.97. The van der Waals surface area contributed by atoms with E-state index in [1.54, 1.807) is 5.56 Å². The number of hydrogen-bond acceptors (Lipinski definition) is 1. The van der Waals surface area contributed by atoms with E-state index in [4.69, 9.17) is 0 Å². The summed E-state index contributed by atoms with van der Waals surface area (Å²) in [5.41, 5.74) is 3.14. The number of hydrogen-bond donors (Lipinski definition) is 1. The molecule has 80 valence electrons. The van der Waals surface area contributed by atoms with Crippen LogP contribution in [0.3, 0.4) is 0 Å². The summed E-state index contributed by atoms with van der Waals surface area (Å²) in [5.74, 6) is 0.863. The minimum absolute atomic E-state index is 0.819. The molecule has 1 aromatic rings. The summed E-state index contributed by atoms with van der Waals surface area (Å²) in [5, 5.41) is 3.62. The first-order valence-electron chi connectivity index (χ1n) is 6.24. The molecule has 0 aromatic heterocycles. The van der Waals surface area contributed by atoms with Gasteiger partial charge in [0.15, 0.2) is 0 Å². The van der Waals surface area contributed by atoms with Crippen molar-refractivity contribution in [3.8, 4) is 0 Å². The van der Waals surface area contributed by atoms with E-state index in [2.05, 4.69) is 29.6 Å². The van der Waals surface area contributed by atoms with Gasteiger partial charge >= 0.3 is 0 Å². The molecule has 2 fully saturated rings. The van der Waals surface area contributed by atoms with Crippen molar-refractivity contribution < 1.29 is 0 Å². The molecule has 0 amide bonds. The highest BCUT2D eigenvalue weighted by Gasteiger charge is 2.23. The normalized spacial score (nSPS) is 21.3. The highest BCUT2D eigenvalue weighted by Crippen LogP contribution is 2.38. The fourth-order valence-corrected chi connectivity index (χ4v) is 2.35. The van der Waals surface area contributed by atoms with Crippen LogP contribution in [-0.4, -0.2) is 6.04 Å². The van der Waals surface area contributed by atoms with E-state index in [9.17, 15) is 0 Å². The molecule has 2 saturated carbocycles. The lowest BCUT2D eigenvalue weighted by molar-refractivity contribution is 0.416. The van der Waals surface area contributed by atoms with Crippen LogP contribution in [0.1, 0.15) is 49.1 Å². The zero-order valence-corrected chi connectivity index (χ0v) is 9.21. The summed E-state index contributed by atoms with van der Waals surface area (Å²) >= 11 is 0. The van der Waals surface area contributed by atoms with Crippen molar-refractivity contribution >= 4 is 0 Å². The molecule has 0 aliphatic heterocycles. The van der Waals surface area contributed by atoms with Gasteiger partial charge in [-0.05, 0) is 42.7 Å². The molecule has 1 aromatic carbocycles.